The summed E-state index contributed by atoms with van der Waals surface area (Å²) in [5.41, 5.74) is 1.23. The van der Waals surface area contributed by atoms with Gasteiger partial charge in [-0.15, -0.1) is 11.6 Å². The van der Waals surface area contributed by atoms with Crippen LogP contribution in [-0.2, 0) is 6.54 Å². The highest BCUT2D eigenvalue weighted by Gasteiger charge is 2.01. The maximum atomic E-state index is 5.66. The standard InChI is InChI=1S/C10H17ClN2/c1-9(3-5-11)4-6-13-8-10(2)7-12-13/h7-9H,3-6H2,1-2H3. The van der Waals surface area contributed by atoms with Crippen molar-refractivity contribution in [3.05, 3.63) is 18.0 Å². The number of hydrogen-bond donors (Lipinski definition) is 0. The highest BCUT2D eigenvalue weighted by atomic mass is 35.5. The summed E-state index contributed by atoms with van der Waals surface area (Å²) < 4.78 is 2.00. The Labute approximate surface area is 84.9 Å². The Kier molecular flexibility index (Phi) is 4.29. The molecule has 3 heteroatoms. The lowest BCUT2D eigenvalue weighted by molar-refractivity contribution is 0.450. The van der Waals surface area contributed by atoms with Crippen molar-refractivity contribution in [1.29, 1.82) is 0 Å². The lowest BCUT2D eigenvalue weighted by Crippen LogP contribution is -2.04. The van der Waals surface area contributed by atoms with E-state index in [0.717, 1.165) is 25.3 Å². The fraction of sp³-hybridized carbons (Fsp3) is 0.700. The van der Waals surface area contributed by atoms with Crippen molar-refractivity contribution in [2.24, 2.45) is 5.92 Å². The van der Waals surface area contributed by atoms with E-state index in [1.807, 2.05) is 10.9 Å². The number of aryl methyl sites for hydroxylation is 2. The molecule has 0 fully saturated rings. The first-order valence-corrected chi connectivity index (χ1v) is 5.31. The smallest absolute Gasteiger partial charge is 0.0518 e. The SMILES string of the molecule is Cc1cnn(CCC(C)CCCl)c1. The van der Waals surface area contributed by atoms with Crippen molar-refractivity contribution in [3.8, 4) is 0 Å². The minimum absolute atomic E-state index is 0.696. The molecule has 2 nitrogen and oxygen atoms in total. The summed E-state index contributed by atoms with van der Waals surface area (Å²) in [6.07, 6.45) is 6.23. The second kappa shape index (κ2) is 5.28. The van der Waals surface area contributed by atoms with Crippen molar-refractivity contribution in [2.75, 3.05) is 5.88 Å². The first-order valence-electron chi connectivity index (χ1n) is 4.77. The second-order valence-corrected chi connectivity index (χ2v) is 4.03. The van der Waals surface area contributed by atoms with Gasteiger partial charge in [-0.05, 0) is 31.2 Å². The fourth-order valence-electron chi connectivity index (χ4n) is 1.27. The number of rotatable bonds is 5. The van der Waals surface area contributed by atoms with Crippen LogP contribution in [0, 0.1) is 12.8 Å². The maximum absolute atomic E-state index is 5.66. The summed E-state index contributed by atoms with van der Waals surface area (Å²) in [5.74, 6) is 1.46. The Morgan fingerprint density at radius 3 is 2.85 bits per heavy atom. The third-order valence-corrected chi connectivity index (χ3v) is 2.43. The zero-order valence-corrected chi connectivity index (χ0v) is 9.09. The van der Waals surface area contributed by atoms with Crippen LogP contribution in [0.1, 0.15) is 25.3 Å². The molecule has 1 atom stereocenters. The third kappa shape index (κ3) is 3.81. The summed E-state index contributed by atoms with van der Waals surface area (Å²) in [6.45, 7) is 5.30. The lowest BCUT2D eigenvalue weighted by atomic mass is 10.1. The molecule has 1 aromatic rings. The quantitative estimate of drug-likeness (QED) is 0.669. The van der Waals surface area contributed by atoms with Gasteiger partial charge in [0.1, 0.15) is 0 Å². The van der Waals surface area contributed by atoms with E-state index in [0.29, 0.717) is 5.92 Å². The van der Waals surface area contributed by atoms with Gasteiger partial charge in [-0.2, -0.15) is 5.10 Å². The molecule has 1 unspecified atom stereocenters. The van der Waals surface area contributed by atoms with Crippen molar-refractivity contribution in [1.82, 2.24) is 9.78 Å². The number of aromatic nitrogens is 2. The van der Waals surface area contributed by atoms with E-state index in [9.17, 15) is 0 Å². The molecular weight excluding hydrogens is 184 g/mol. The Balaban J connectivity index is 2.26. The molecule has 1 rings (SSSR count). The van der Waals surface area contributed by atoms with Gasteiger partial charge in [-0.1, -0.05) is 6.92 Å². The van der Waals surface area contributed by atoms with Gasteiger partial charge in [0.05, 0.1) is 6.20 Å². The lowest BCUT2D eigenvalue weighted by Gasteiger charge is -2.08. The summed E-state index contributed by atoms with van der Waals surface area (Å²) in [4.78, 5) is 0. The van der Waals surface area contributed by atoms with Gasteiger partial charge in [0, 0.05) is 18.6 Å². The van der Waals surface area contributed by atoms with Crippen LogP contribution in [0.15, 0.2) is 12.4 Å². The molecule has 0 amide bonds. The molecule has 0 saturated carbocycles. The monoisotopic (exact) mass is 200 g/mol. The van der Waals surface area contributed by atoms with E-state index >= 15 is 0 Å². The van der Waals surface area contributed by atoms with Gasteiger partial charge in [0.25, 0.3) is 0 Å². The molecule has 0 aliphatic rings. The van der Waals surface area contributed by atoms with Crippen LogP contribution in [0.25, 0.3) is 0 Å². The predicted octanol–water partition coefficient (Wildman–Crippen LogP) is 2.85. The zero-order valence-electron chi connectivity index (χ0n) is 8.33. The van der Waals surface area contributed by atoms with Crippen LogP contribution in [0.3, 0.4) is 0 Å². The van der Waals surface area contributed by atoms with Gasteiger partial charge in [0.15, 0.2) is 0 Å². The number of nitrogens with zero attached hydrogens (tertiary/aromatic N) is 2. The summed E-state index contributed by atoms with van der Waals surface area (Å²) in [6, 6.07) is 0. The summed E-state index contributed by atoms with van der Waals surface area (Å²) >= 11 is 5.66. The molecule has 0 spiro atoms. The van der Waals surface area contributed by atoms with Crippen molar-refractivity contribution < 1.29 is 0 Å². The van der Waals surface area contributed by atoms with E-state index in [4.69, 9.17) is 11.6 Å². The Morgan fingerprint density at radius 2 is 2.31 bits per heavy atom. The molecule has 0 aromatic carbocycles. The van der Waals surface area contributed by atoms with Crippen LogP contribution < -0.4 is 0 Å². The third-order valence-electron chi connectivity index (χ3n) is 2.22. The molecule has 1 heterocycles. The number of alkyl halides is 1. The van der Waals surface area contributed by atoms with Crippen LogP contribution >= 0.6 is 11.6 Å². The molecule has 13 heavy (non-hydrogen) atoms. The Morgan fingerprint density at radius 1 is 1.54 bits per heavy atom. The van der Waals surface area contributed by atoms with Gasteiger partial charge >= 0.3 is 0 Å². The molecule has 0 aliphatic heterocycles. The van der Waals surface area contributed by atoms with Gasteiger partial charge in [-0.3, -0.25) is 4.68 Å². The van der Waals surface area contributed by atoms with Crippen LogP contribution in [-0.4, -0.2) is 15.7 Å². The van der Waals surface area contributed by atoms with Crippen LogP contribution in [0.4, 0.5) is 0 Å². The minimum Gasteiger partial charge on any atom is -0.272 e. The molecular formula is C10H17ClN2. The van der Waals surface area contributed by atoms with E-state index < -0.39 is 0 Å². The normalized spacial score (nSPS) is 13.2. The largest absolute Gasteiger partial charge is 0.272 e. The van der Waals surface area contributed by atoms with Crippen molar-refractivity contribution in [2.45, 2.75) is 33.2 Å². The van der Waals surface area contributed by atoms with Crippen molar-refractivity contribution >= 4 is 11.6 Å². The topological polar surface area (TPSA) is 17.8 Å². The van der Waals surface area contributed by atoms with Crippen LogP contribution in [0.2, 0.25) is 0 Å². The maximum Gasteiger partial charge on any atom is 0.0518 e. The van der Waals surface area contributed by atoms with Crippen LogP contribution in [0.5, 0.6) is 0 Å². The zero-order chi connectivity index (χ0) is 9.68. The summed E-state index contributed by atoms with van der Waals surface area (Å²) in [7, 11) is 0. The van der Waals surface area contributed by atoms with Gasteiger partial charge < -0.3 is 0 Å². The first-order chi connectivity index (χ1) is 6.22. The highest BCUT2D eigenvalue weighted by molar-refractivity contribution is 6.17. The van der Waals surface area contributed by atoms with E-state index in [-0.39, 0.29) is 0 Å². The second-order valence-electron chi connectivity index (χ2n) is 3.65. The fourth-order valence-corrected chi connectivity index (χ4v) is 1.65. The Hall–Kier alpha value is -0.500. The summed E-state index contributed by atoms with van der Waals surface area (Å²) in [5, 5.41) is 4.23. The molecule has 0 N–H and O–H groups in total. The molecule has 0 saturated heterocycles. The van der Waals surface area contributed by atoms with Gasteiger partial charge in [0.2, 0.25) is 0 Å². The first kappa shape index (κ1) is 10.6. The average Bonchev–Trinajstić information content (AvgIpc) is 2.49. The molecule has 0 aliphatic carbocycles. The average molecular weight is 201 g/mol. The van der Waals surface area contributed by atoms with E-state index in [1.165, 1.54) is 5.56 Å². The molecule has 74 valence electrons. The number of halogens is 1. The van der Waals surface area contributed by atoms with E-state index in [2.05, 4.69) is 25.1 Å². The molecule has 0 bridgehead atoms. The van der Waals surface area contributed by atoms with E-state index in [1.54, 1.807) is 0 Å². The molecule has 1 aromatic heterocycles. The number of hydrogen-bond acceptors (Lipinski definition) is 1. The Bertz CT molecular complexity index is 245. The predicted molar refractivity (Wildman–Crippen MR) is 56.1 cm³/mol. The van der Waals surface area contributed by atoms with Gasteiger partial charge in [-0.25, -0.2) is 0 Å². The van der Waals surface area contributed by atoms with Crippen molar-refractivity contribution in [3.63, 3.8) is 0 Å². The minimum atomic E-state index is 0.696. The molecule has 0 radical (unpaired) electrons. The highest BCUT2D eigenvalue weighted by Crippen LogP contribution is 2.09.